The van der Waals surface area contributed by atoms with Crippen LogP contribution in [0.15, 0.2) is 35.4 Å². The molecule has 0 aliphatic rings. The number of hydrogen-bond donors (Lipinski definition) is 2. The molecule has 1 heterocycles. The minimum atomic E-state index is -3.63. The molecule has 1 aromatic heterocycles. The number of nitrogens with zero attached hydrogens (tertiary/aromatic N) is 1. The van der Waals surface area contributed by atoms with Crippen LogP contribution in [-0.4, -0.2) is 13.4 Å². The van der Waals surface area contributed by atoms with Crippen molar-refractivity contribution in [3.05, 3.63) is 52.8 Å². The highest BCUT2D eigenvalue weighted by Gasteiger charge is 2.20. The van der Waals surface area contributed by atoms with Crippen LogP contribution in [0.5, 0.6) is 0 Å². The Kier molecular flexibility index (Phi) is 4.29. The zero-order valence-electron chi connectivity index (χ0n) is 12.3. The number of anilines is 1. The maximum Gasteiger partial charge on any atom is 0.241 e. The first kappa shape index (κ1) is 15.5. The van der Waals surface area contributed by atoms with Gasteiger partial charge in [0.15, 0.2) is 0 Å². The van der Waals surface area contributed by atoms with Crippen LogP contribution in [0.2, 0.25) is 0 Å². The molecule has 0 saturated heterocycles. The lowest BCUT2D eigenvalue weighted by atomic mass is 10.1. The second kappa shape index (κ2) is 5.83. The number of nitrogen functional groups attached to an aromatic ring is 1. The number of rotatable bonds is 4. The Balaban J connectivity index is 2.32. The number of pyridine rings is 1. The van der Waals surface area contributed by atoms with Gasteiger partial charge in [-0.2, -0.15) is 0 Å². The van der Waals surface area contributed by atoms with Gasteiger partial charge in [0, 0.05) is 11.9 Å². The summed E-state index contributed by atoms with van der Waals surface area (Å²) in [6.45, 7) is 5.52. The zero-order chi connectivity index (χ0) is 15.6. The molecule has 0 aliphatic carbocycles. The third-order valence-corrected chi connectivity index (χ3v) is 5.15. The predicted octanol–water partition coefficient (Wildman–Crippen LogP) is 2.07. The van der Waals surface area contributed by atoms with Crippen LogP contribution in [0.4, 0.5) is 5.69 Å². The van der Waals surface area contributed by atoms with Gasteiger partial charge in [-0.25, -0.2) is 13.1 Å². The lowest BCUT2D eigenvalue weighted by Gasteiger charge is -2.14. The number of aryl methyl sites for hydroxylation is 2. The molecular weight excluding hydrogens is 286 g/mol. The summed E-state index contributed by atoms with van der Waals surface area (Å²) in [5.41, 5.74) is 9.18. The number of hydrogen-bond acceptors (Lipinski definition) is 4. The Hall–Kier alpha value is -1.92. The molecule has 0 radical (unpaired) electrons. The second-order valence-electron chi connectivity index (χ2n) is 5.02. The van der Waals surface area contributed by atoms with E-state index in [-0.39, 0.29) is 11.4 Å². The molecule has 0 amide bonds. The van der Waals surface area contributed by atoms with Crippen molar-refractivity contribution in [3.63, 3.8) is 0 Å². The molecule has 21 heavy (non-hydrogen) atoms. The number of sulfonamides is 1. The number of aromatic nitrogens is 1. The van der Waals surface area contributed by atoms with Crippen molar-refractivity contribution in [1.29, 1.82) is 0 Å². The topological polar surface area (TPSA) is 85.1 Å². The van der Waals surface area contributed by atoms with Crippen molar-refractivity contribution in [3.8, 4) is 0 Å². The average Bonchev–Trinajstić information content (AvgIpc) is 2.42. The van der Waals surface area contributed by atoms with Gasteiger partial charge < -0.3 is 5.73 Å². The van der Waals surface area contributed by atoms with E-state index >= 15 is 0 Å². The van der Waals surface area contributed by atoms with E-state index in [0.717, 1.165) is 5.56 Å². The van der Waals surface area contributed by atoms with Crippen LogP contribution < -0.4 is 10.5 Å². The minimum absolute atomic E-state index is 0.155. The van der Waals surface area contributed by atoms with Gasteiger partial charge in [0.05, 0.1) is 17.1 Å². The standard InChI is InChI=1S/C15H19N3O2S/c1-10-5-4-8-17-14(10)9-18-21(19,20)15-11(2)6-7-13(16)12(15)3/h4-8,18H,9,16H2,1-3H3. The number of nitrogens with two attached hydrogens (primary N) is 1. The summed E-state index contributed by atoms with van der Waals surface area (Å²) in [5.74, 6) is 0. The Labute approximate surface area is 125 Å². The van der Waals surface area contributed by atoms with E-state index in [9.17, 15) is 8.42 Å². The van der Waals surface area contributed by atoms with Gasteiger partial charge in [0.25, 0.3) is 0 Å². The van der Waals surface area contributed by atoms with Gasteiger partial charge in [-0.05, 0) is 49.6 Å². The molecule has 1 aromatic carbocycles. The molecule has 0 unspecified atom stereocenters. The summed E-state index contributed by atoms with van der Waals surface area (Å²) >= 11 is 0. The number of benzene rings is 1. The van der Waals surface area contributed by atoms with E-state index in [1.807, 2.05) is 19.1 Å². The molecule has 0 bridgehead atoms. The first-order chi connectivity index (χ1) is 9.83. The van der Waals surface area contributed by atoms with Gasteiger partial charge in [0.2, 0.25) is 10.0 Å². The van der Waals surface area contributed by atoms with Gasteiger partial charge in [0.1, 0.15) is 0 Å². The Morgan fingerprint density at radius 3 is 2.52 bits per heavy atom. The maximum absolute atomic E-state index is 12.5. The molecule has 112 valence electrons. The van der Waals surface area contributed by atoms with Crippen molar-refractivity contribution in [2.45, 2.75) is 32.2 Å². The summed E-state index contributed by atoms with van der Waals surface area (Å²) in [6.07, 6.45) is 1.65. The van der Waals surface area contributed by atoms with Crippen LogP contribution in [0, 0.1) is 20.8 Å². The summed E-state index contributed by atoms with van der Waals surface area (Å²) in [7, 11) is -3.63. The molecule has 0 fully saturated rings. The second-order valence-corrected chi connectivity index (χ2v) is 6.72. The van der Waals surface area contributed by atoms with Crippen molar-refractivity contribution >= 4 is 15.7 Å². The average molecular weight is 305 g/mol. The molecule has 6 heteroatoms. The molecule has 5 nitrogen and oxygen atoms in total. The van der Waals surface area contributed by atoms with Crippen molar-refractivity contribution in [2.24, 2.45) is 0 Å². The van der Waals surface area contributed by atoms with Crippen molar-refractivity contribution in [1.82, 2.24) is 9.71 Å². The van der Waals surface area contributed by atoms with Crippen LogP contribution in [0.3, 0.4) is 0 Å². The lowest BCUT2D eigenvalue weighted by molar-refractivity contribution is 0.579. The van der Waals surface area contributed by atoms with Crippen LogP contribution >= 0.6 is 0 Å². The van der Waals surface area contributed by atoms with Gasteiger partial charge in [-0.1, -0.05) is 12.1 Å². The molecule has 3 N–H and O–H groups in total. The smallest absolute Gasteiger partial charge is 0.241 e. The highest BCUT2D eigenvalue weighted by molar-refractivity contribution is 7.89. The molecule has 2 aromatic rings. The van der Waals surface area contributed by atoms with Crippen molar-refractivity contribution in [2.75, 3.05) is 5.73 Å². The summed E-state index contributed by atoms with van der Waals surface area (Å²) in [6, 6.07) is 7.14. The summed E-state index contributed by atoms with van der Waals surface area (Å²) in [4.78, 5) is 4.43. The van der Waals surface area contributed by atoms with Crippen LogP contribution in [-0.2, 0) is 16.6 Å². The number of nitrogens with one attached hydrogen (secondary N) is 1. The Bertz CT molecular complexity index is 770. The zero-order valence-corrected chi connectivity index (χ0v) is 13.2. The fraction of sp³-hybridized carbons (Fsp3) is 0.267. The largest absolute Gasteiger partial charge is 0.398 e. The van der Waals surface area contributed by atoms with Gasteiger partial charge in [-0.3, -0.25) is 4.98 Å². The van der Waals surface area contributed by atoms with Crippen molar-refractivity contribution < 1.29 is 8.42 Å². The van der Waals surface area contributed by atoms with E-state index in [4.69, 9.17) is 5.73 Å². The maximum atomic E-state index is 12.5. The Morgan fingerprint density at radius 2 is 1.86 bits per heavy atom. The molecular formula is C15H19N3O2S. The van der Waals surface area contributed by atoms with E-state index in [1.54, 1.807) is 32.2 Å². The first-order valence-electron chi connectivity index (χ1n) is 6.59. The third kappa shape index (κ3) is 3.22. The van der Waals surface area contributed by atoms with Gasteiger partial charge >= 0.3 is 0 Å². The highest BCUT2D eigenvalue weighted by Crippen LogP contribution is 2.24. The predicted molar refractivity (Wildman–Crippen MR) is 83.3 cm³/mol. The van der Waals surface area contributed by atoms with Gasteiger partial charge in [-0.15, -0.1) is 0 Å². The molecule has 0 aliphatic heterocycles. The van der Waals surface area contributed by atoms with E-state index < -0.39 is 10.0 Å². The normalized spacial score (nSPS) is 11.6. The first-order valence-corrected chi connectivity index (χ1v) is 8.07. The van der Waals surface area contributed by atoms with E-state index in [0.29, 0.717) is 22.5 Å². The highest BCUT2D eigenvalue weighted by atomic mass is 32.2. The molecule has 0 atom stereocenters. The fourth-order valence-corrected chi connectivity index (χ4v) is 3.68. The molecule has 0 saturated carbocycles. The summed E-state index contributed by atoms with van der Waals surface area (Å²) < 4.78 is 27.6. The van der Waals surface area contributed by atoms with Crippen LogP contribution in [0.25, 0.3) is 0 Å². The SMILES string of the molecule is Cc1cccnc1CNS(=O)(=O)c1c(C)ccc(N)c1C. The molecule has 0 spiro atoms. The fourth-order valence-electron chi connectivity index (χ4n) is 2.19. The summed E-state index contributed by atoms with van der Waals surface area (Å²) in [5, 5.41) is 0. The third-order valence-electron chi connectivity index (χ3n) is 3.46. The quantitative estimate of drug-likeness (QED) is 0.847. The van der Waals surface area contributed by atoms with E-state index in [1.165, 1.54) is 0 Å². The molecule has 2 rings (SSSR count). The Morgan fingerprint density at radius 1 is 1.14 bits per heavy atom. The minimum Gasteiger partial charge on any atom is -0.398 e. The van der Waals surface area contributed by atoms with Crippen LogP contribution in [0.1, 0.15) is 22.4 Å². The van der Waals surface area contributed by atoms with E-state index in [2.05, 4.69) is 9.71 Å². The monoisotopic (exact) mass is 305 g/mol. The lowest BCUT2D eigenvalue weighted by Crippen LogP contribution is -2.26.